The second-order valence-electron chi connectivity index (χ2n) is 5.10. The van der Waals surface area contributed by atoms with Crippen LogP contribution in [0.4, 0.5) is 0 Å². The van der Waals surface area contributed by atoms with E-state index < -0.39 is 6.10 Å². The lowest BCUT2D eigenvalue weighted by Crippen LogP contribution is -2.39. The average Bonchev–Trinajstić information content (AvgIpc) is 3.14. The number of aryl methyl sites for hydroxylation is 1. The van der Waals surface area contributed by atoms with Crippen molar-refractivity contribution in [2.75, 3.05) is 26.9 Å². The summed E-state index contributed by atoms with van der Waals surface area (Å²) >= 11 is 0. The fourth-order valence-electron chi connectivity index (χ4n) is 2.46. The van der Waals surface area contributed by atoms with Gasteiger partial charge in [0.2, 0.25) is 5.89 Å². The number of ether oxygens (including phenoxy) is 2. The van der Waals surface area contributed by atoms with Gasteiger partial charge in [-0.1, -0.05) is 12.1 Å². The van der Waals surface area contributed by atoms with Gasteiger partial charge < -0.3 is 18.9 Å². The molecule has 0 radical (unpaired) electrons. The average molecular weight is 297 g/mol. The Balaban J connectivity index is 1.98. The van der Waals surface area contributed by atoms with Crippen LogP contribution in [0.3, 0.4) is 0 Å². The second-order valence-corrected chi connectivity index (χ2v) is 5.10. The van der Waals surface area contributed by atoms with Gasteiger partial charge in [0.1, 0.15) is 6.10 Å². The summed E-state index contributed by atoms with van der Waals surface area (Å²) < 4.78 is 15.6. The summed E-state index contributed by atoms with van der Waals surface area (Å²) in [6, 6.07) is -0.102. The van der Waals surface area contributed by atoms with Crippen molar-refractivity contribution in [2.45, 2.75) is 45.3 Å². The Morgan fingerprint density at radius 1 is 1.52 bits per heavy atom. The fraction of sp³-hybridized carbons (Fsp3) is 0.786. The van der Waals surface area contributed by atoms with E-state index in [9.17, 15) is 4.79 Å². The van der Waals surface area contributed by atoms with Gasteiger partial charge in [0.05, 0.1) is 19.3 Å². The zero-order chi connectivity index (χ0) is 15.2. The molecule has 1 saturated heterocycles. The highest BCUT2D eigenvalue weighted by Crippen LogP contribution is 2.30. The molecule has 0 aromatic carbocycles. The van der Waals surface area contributed by atoms with Crippen LogP contribution >= 0.6 is 0 Å². The standard InChI is InChI=1S/C14H23N3O4/c1-4-12-15-13(16-21-12)11-6-5-7-17(11)14(18)10(2)20-9-8-19-3/h10-11H,4-9H2,1-3H3/t10-,11+/m0/s1. The van der Waals surface area contributed by atoms with E-state index in [4.69, 9.17) is 14.0 Å². The van der Waals surface area contributed by atoms with Crippen molar-refractivity contribution in [1.29, 1.82) is 0 Å². The first-order valence-electron chi connectivity index (χ1n) is 7.40. The minimum Gasteiger partial charge on any atom is -0.382 e. The number of carbonyl (C=O) groups excluding carboxylic acids is 1. The Morgan fingerprint density at radius 2 is 2.33 bits per heavy atom. The molecule has 1 aliphatic rings. The van der Waals surface area contributed by atoms with Crippen molar-refractivity contribution in [2.24, 2.45) is 0 Å². The number of hydrogen-bond donors (Lipinski definition) is 0. The van der Waals surface area contributed by atoms with Crippen LogP contribution in [0, 0.1) is 0 Å². The molecule has 1 aliphatic heterocycles. The van der Waals surface area contributed by atoms with E-state index in [0.717, 1.165) is 12.8 Å². The van der Waals surface area contributed by atoms with Crippen LogP contribution in [0.15, 0.2) is 4.52 Å². The van der Waals surface area contributed by atoms with Crippen molar-refractivity contribution in [3.05, 3.63) is 11.7 Å². The number of rotatable bonds is 7. The number of carbonyl (C=O) groups is 1. The first kappa shape index (κ1) is 15.9. The number of nitrogens with zero attached hydrogens (tertiary/aromatic N) is 3. The van der Waals surface area contributed by atoms with E-state index in [-0.39, 0.29) is 11.9 Å². The molecule has 1 aromatic heterocycles. The molecule has 0 saturated carbocycles. The summed E-state index contributed by atoms with van der Waals surface area (Å²) in [6.07, 6.45) is 2.01. The predicted molar refractivity (Wildman–Crippen MR) is 74.7 cm³/mol. The minimum atomic E-state index is -0.488. The number of likely N-dealkylation sites (tertiary alicyclic amines) is 1. The quantitative estimate of drug-likeness (QED) is 0.707. The first-order chi connectivity index (χ1) is 10.2. The van der Waals surface area contributed by atoms with Gasteiger partial charge in [-0.25, -0.2) is 0 Å². The molecule has 2 atom stereocenters. The van der Waals surface area contributed by atoms with Gasteiger partial charge in [-0.05, 0) is 19.8 Å². The van der Waals surface area contributed by atoms with Gasteiger partial charge in [-0.15, -0.1) is 0 Å². The van der Waals surface area contributed by atoms with Crippen LogP contribution in [-0.4, -0.2) is 53.9 Å². The molecule has 0 N–H and O–H groups in total. The van der Waals surface area contributed by atoms with E-state index in [2.05, 4.69) is 10.1 Å². The molecule has 7 heteroatoms. The van der Waals surface area contributed by atoms with Crippen molar-refractivity contribution >= 4 is 5.91 Å². The Morgan fingerprint density at radius 3 is 3.00 bits per heavy atom. The van der Waals surface area contributed by atoms with Crippen LogP contribution in [0.5, 0.6) is 0 Å². The molecule has 1 amide bonds. The van der Waals surface area contributed by atoms with Crippen LogP contribution in [0.2, 0.25) is 0 Å². The largest absolute Gasteiger partial charge is 0.382 e. The Labute approximate surface area is 124 Å². The first-order valence-corrected chi connectivity index (χ1v) is 7.40. The third-order valence-electron chi connectivity index (χ3n) is 3.62. The summed E-state index contributed by atoms with van der Waals surface area (Å²) in [4.78, 5) is 18.6. The molecule has 118 valence electrons. The Kier molecular flexibility index (Phi) is 5.69. The maximum absolute atomic E-state index is 12.5. The van der Waals surface area contributed by atoms with Gasteiger partial charge in [-0.2, -0.15) is 4.98 Å². The van der Waals surface area contributed by atoms with Crippen LogP contribution in [0.1, 0.15) is 44.4 Å². The maximum Gasteiger partial charge on any atom is 0.252 e. The smallest absolute Gasteiger partial charge is 0.252 e. The molecular formula is C14H23N3O4. The van der Waals surface area contributed by atoms with Crippen LogP contribution in [-0.2, 0) is 20.7 Å². The predicted octanol–water partition coefficient (Wildman–Crippen LogP) is 1.35. The zero-order valence-electron chi connectivity index (χ0n) is 12.9. The van der Waals surface area contributed by atoms with Crippen LogP contribution in [0.25, 0.3) is 0 Å². The molecule has 1 fully saturated rings. The molecule has 2 heterocycles. The molecule has 0 unspecified atom stereocenters. The van der Waals surface area contributed by atoms with E-state index in [0.29, 0.717) is 37.9 Å². The van der Waals surface area contributed by atoms with Crippen molar-refractivity contribution in [3.8, 4) is 0 Å². The number of hydrogen-bond acceptors (Lipinski definition) is 6. The van der Waals surface area contributed by atoms with Gasteiger partial charge >= 0.3 is 0 Å². The van der Waals surface area contributed by atoms with Crippen LogP contribution < -0.4 is 0 Å². The third kappa shape index (κ3) is 3.79. The third-order valence-corrected chi connectivity index (χ3v) is 3.62. The van der Waals surface area contributed by atoms with Gasteiger partial charge in [0.15, 0.2) is 5.82 Å². The summed E-state index contributed by atoms with van der Waals surface area (Å²) in [7, 11) is 1.61. The van der Waals surface area contributed by atoms with Gasteiger partial charge in [0.25, 0.3) is 5.91 Å². The lowest BCUT2D eigenvalue weighted by atomic mass is 10.2. The van der Waals surface area contributed by atoms with Crippen molar-refractivity contribution in [3.63, 3.8) is 0 Å². The maximum atomic E-state index is 12.5. The fourth-order valence-corrected chi connectivity index (χ4v) is 2.46. The Bertz CT molecular complexity index is 463. The van der Waals surface area contributed by atoms with E-state index >= 15 is 0 Å². The second kappa shape index (κ2) is 7.51. The minimum absolute atomic E-state index is 0.0311. The van der Waals surface area contributed by atoms with E-state index in [1.54, 1.807) is 18.9 Å². The van der Waals surface area contributed by atoms with E-state index in [1.807, 2.05) is 6.92 Å². The number of aromatic nitrogens is 2. The molecule has 2 rings (SSSR count). The number of amides is 1. The normalized spacial score (nSPS) is 20.0. The molecule has 0 bridgehead atoms. The SMILES string of the molecule is CCc1nc([C@H]2CCCN2C(=O)[C@H](C)OCCOC)no1. The lowest BCUT2D eigenvalue weighted by molar-refractivity contribution is -0.144. The molecular weight excluding hydrogens is 274 g/mol. The zero-order valence-corrected chi connectivity index (χ0v) is 12.9. The molecule has 0 spiro atoms. The highest BCUT2D eigenvalue weighted by molar-refractivity contribution is 5.81. The molecule has 0 aliphatic carbocycles. The number of methoxy groups -OCH3 is 1. The summed E-state index contributed by atoms with van der Waals surface area (Å²) in [6.45, 7) is 5.31. The summed E-state index contributed by atoms with van der Waals surface area (Å²) in [5, 5.41) is 4.00. The summed E-state index contributed by atoms with van der Waals surface area (Å²) in [5.41, 5.74) is 0. The summed E-state index contributed by atoms with van der Waals surface area (Å²) in [5.74, 6) is 1.17. The lowest BCUT2D eigenvalue weighted by Gasteiger charge is -2.25. The highest BCUT2D eigenvalue weighted by Gasteiger charge is 2.35. The monoisotopic (exact) mass is 297 g/mol. The van der Waals surface area contributed by atoms with Crippen molar-refractivity contribution < 1.29 is 18.8 Å². The molecule has 7 nitrogen and oxygen atoms in total. The Hall–Kier alpha value is -1.47. The topological polar surface area (TPSA) is 77.7 Å². The molecule has 1 aromatic rings. The highest BCUT2D eigenvalue weighted by atomic mass is 16.5. The van der Waals surface area contributed by atoms with Gasteiger partial charge in [-0.3, -0.25) is 4.79 Å². The van der Waals surface area contributed by atoms with Gasteiger partial charge in [0, 0.05) is 20.1 Å². The van der Waals surface area contributed by atoms with E-state index in [1.165, 1.54) is 0 Å². The van der Waals surface area contributed by atoms with Crippen molar-refractivity contribution in [1.82, 2.24) is 15.0 Å². The molecule has 21 heavy (non-hydrogen) atoms.